The first kappa shape index (κ1) is 19.1. The minimum Gasteiger partial charge on any atom is -0.393 e. The summed E-state index contributed by atoms with van der Waals surface area (Å²) in [6, 6.07) is 2.95. The van der Waals surface area contributed by atoms with Crippen molar-refractivity contribution in [2.45, 2.75) is 32.5 Å². The number of hydrogen-bond acceptors (Lipinski definition) is 6. The monoisotopic (exact) mass is 374 g/mol. The molecule has 136 valence electrons. The Morgan fingerprint density at radius 3 is 2.32 bits per heavy atom. The lowest BCUT2D eigenvalue weighted by Gasteiger charge is -2.22. The smallest absolute Gasteiger partial charge is 0.393 e. The van der Waals surface area contributed by atoms with Crippen molar-refractivity contribution in [1.82, 2.24) is 15.4 Å². The van der Waals surface area contributed by atoms with Crippen molar-refractivity contribution in [3.8, 4) is 0 Å². The summed E-state index contributed by atoms with van der Waals surface area (Å²) >= 11 is 5.97. The third-order valence-corrected chi connectivity index (χ3v) is 3.32. The van der Waals surface area contributed by atoms with Crippen molar-refractivity contribution < 1.29 is 13.2 Å². The minimum absolute atomic E-state index is 0.0385. The Hall–Kier alpha value is -2.26. The molecule has 1 heterocycles. The van der Waals surface area contributed by atoms with E-state index in [0.717, 1.165) is 18.2 Å². The quantitative estimate of drug-likeness (QED) is 0.600. The van der Waals surface area contributed by atoms with Gasteiger partial charge in [0.05, 0.1) is 16.3 Å². The molecule has 0 spiro atoms. The Kier molecular flexibility index (Phi) is 5.28. The van der Waals surface area contributed by atoms with Crippen LogP contribution in [0.4, 0.5) is 36.2 Å². The fraction of sp³-hybridized carbons (Fsp3) is 0.333. The van der Waals surface area contributed by atoms with Crippen molar-refractivity contribution in [2.75, 3.05) is 16.5 Å². The van der Waals surface area contributed by atoms with Crippen molar-refractivity contribution in [3.63, 3.8) is 0 Å². The van der Waals surface area contributed by atoms with E-state index >= 15 is 0 Å². The van der Waals surface area contributed by atoms with E-state index in [9.17, 15) is 13.2 Å². The molecule has 6 nitrogen and oxygen atoms in total. The normalized spacial score (nSPS) is 12.1. The second-order valence-corrected chi connectivity index (χ2v) is 6.71. The summed E-state index contributed by atoms with van der Waals surface area (Å²) in [5, 5.41) is 2.82. The van der Waals surface area contributed by atoms with E-state index in [-0.39, 0.29) is 33.6 Å². The van der Waals surface area contributed by atoms with Crippen LogP contribution in [0.5, 0.6) is 0 Å². The number of nitrogen functional groups attached to an aromatic ring is 1. The molecule has 0 bridgehead atoms. The standard InChI is InChI=1S/C15H18ClF3N6/c1-14(2,3)25-24-13-11(20)12(21-7-22-13)23-10-6-8(15(17,18)19)4-5-9(10)16/h4-7,25H,20H2,1-3H3,(H2,21,22,23,24). The number of benzene rings is 1. The van der Waals surface area contributed by atoms with Gasteiger partial charge in [-0.2, -0.15) is 13.2 Å². The van der Waals surface area contributed by atoms with Gasteiger partial charge in [0.1, 0.15) is 12.0 Å². The Bertz CT molecular complexity index is 758. The summed E-state index contributed by atoms with van der Waals surface area (Å²) < 4.78 is 38.6. The molecule has 0 aliphatic rings. The summed E-state index contributed by atoms with van der Waals surface area (Å²) in [5.74, 6) is 0.421. The minimum atomic E-state index is -4.48. The second kappa shape index (κ2) is 6.93. The molecule has 0 radical (unpaired) electrons. The summed E-state index contributed by atoms with van der Waals surface area (Å²) in [5.41, 5.74) is 10.9. The number of aromatic nitrogens is 2. The fourth-order valence-corrected chi connectivity index (χ4v) is 1.93. The molecule has 0 atom stereocenters. The van der Waals surface area contributed by atoms with Gasteiger partial charge in [-0.3, -0.25) is 0 Å². The van der Waals surface area contributed by atoms with Crippen LogP contribution < -0.4 is 21.9 Å². The zero-order valence-electron chi connectivity index (χ0n) is 13.8. The van der Waals surface area contributed by atoms with E-state index in [4.69, 9.17) is 17.3 Å². The number of alkyl halides is 3. The maximum Gasteiger partial charge on any atom is 0.416 e. The molecule has 0 aliphatic heterocycles. The Labute approximate surface area is 148 Å². The molecule has 0 unspecified atom stereocenters. The largest absolute Gasteiger partial charge is 0.416 e. The van der Waals surface area contributed by atoms with Crippen molar-refractivity contribution in [2.24, 2.45) is 0 Å². The van der Waals surface area contributed by atoms with E-state index in [0.29, 0.717) is 0 Å². The van der Waals surface area contributed by atoms with Gasteiger partial charge in [-0.25, -0.2) is 15.4 Å². The second-order valence-electron chi connectivity index (χ2n) is 6.30. The van der Waals surface area contributed by atoms with E-state index in [1.165, 1.54) is 6.33 Å². The van der Waals surface area contributed by atoms with Crippen molar-refractivity contribution >= 4 is 34.6 Å². The predicted molar refractivity (Wildman–Crippen MR) is 92.7 cm³/mol. The molecule has 0 aliphatic carbocycles. The van der Waals surface area contributed by atoms with Crippen LogP contribution in [0.15, 0.2) is 24.5 Å². The highest BCUT2D eigenvalue weighted by atomic mass is 35.5. The number of nitrogens with one attached hydrogen (secondary N) is 3. The molecular formula is C15H18ClF3N6. The lowest BCUT2D eigenvalue weighted by Crippen LogP contribution is -2.40. The van der Waals surface area contributed by atoms with E-state index in [1.807, 2.05) is 20.8 Å². The average molecular weight is 375 g/mol. The molecule has 1 aromatic carbocycles. The number of anilines is 4. The first-order chi connectivity index (χ1) is 11.5. The maximum absolute atomic E-state index is 12.9. The van der Waals surface area contributed by atoms with Gasteiger partial charge >= 0.3 is 6.18 Å². The van der Waals surface area contributed by atoms with Crippen LogP contribution in [-0.2, 0) is 6.18 Å². The molecule has 1 aromatic heterocycles. The molecule has 10 heteroatoms. The van der Waals surface area contributed by atoms with Crippen LogP contribution in [0.2, 0.25) is 5.02 Å². The zero-order valence-corrected chi connectivity index (χ0v) is 14.5. The van der Waals surface area contributed by atoms with Gasteiger partial charge in [0.15, 0.2) is 11.6 Å². The van der Waals surface area contributed by atoms with Crippen molar-refractivity contribution in [1.29, 1.82) is 0 Å². The Morgan fingerprint density at radius 1 is 1.08 bits per heavy atom. The number of nitrogens with zero attached hydrogens (tertiary/aromatic N) is 2. The van der Waals surface area contributed by atoms with E-state index in [1.54, 1.807) is 0 Å². The first-order valence-electron chi connectivity index (χ1n) is 7.25. The molecule has 0 saturated heterocycles. The van der Waals surface area contributed by atoms with Gasteiger partial charge in [-0.1, -0.05) is 11.6 Å². The van der Waals surface area contributed by atoms with Crippen LogP contribution in [0, 0.1) is 0 Å². The molecule has 5 N–H and O–H groups in total. The lowest BCUT2D eigenvalue weighted by atomic mass is 10.1. The maximum atomic E-state index is 12.9. The molecule has 0 fully saturated rings. The predicted octanol–water partition coefficient (Wildman–Crippen LogP) is 4.19. The van der Waals surface area contributed by atoms with E-state index < -0.39 is 11.7 Å². The third-order valence-electron chi connectivity index (χ3n) is 2.99. The van der Waals surface area contributed by atoms with Gasteiger partial charge in [-0.05, 0) is 39.0 Å². The summed E-state index contributed by atoms with van der Waals surface area (Å²) in [4.78, 5) is 7.96. The topological polar surface area (TPSA) is 87.9 Å². The number of nitrogens with two attached hydrogens (primary N) is 1. The van der Waals surface area contributed by atoms with Crippen LogP contribution in [-0.4, -0.2) is 15.5 Å². The highest BCUT2D eigenvalue weighted by molar-refractivity contribution is 6.33. The summed E-state index contributed by atoms with van der Waals surface area (Å²) in [7, 11) is 0. The Morgan fingerprint density at radius 2 is 1.72 bits per heavy atom. The molecule has 2 rings (SSSR count). The molecule has 2 aromatic rings. The summed E-state index contributed by atoms with van der Waals surface area (Å²) in [6.07, 6.45) is -3.26. The average Bonchev–Trinajstić information content (AvgIpc) is 2.48. The highest BCUT2D eigenvalue weighted by Crippen LogP contribution is 2.35. The number of rotatable bonds is 4. The first-order valence-corrected chi connectivity index (χ1v) is 7.62. The van der Waals surface area contributed by atoms with E-state index in [2.05, 4.69) is 26.1 Å². The van der Waals surface area contributed by atoms with Gasteiger partial charge < -0.3 is 16.5 Å². The van der Waals surface area contributed by atoms with Crippen LogP contribution in [0.25, 0.3) is 0 Å². The SMILES string of the molecule is CC(C)(C)NNc1ncnc(Nc2cc(C(F)(F)F)ccc2Cl)c1N. The Balaban J connectivity index is 2.29. The number of hydrazine groups is 1. The molecule has 0 amide bonds. The molecule has 0 saturated carbocycles. The van der Waals surface area contributed by atoms with Gasteiger partial charge in [-0.15, -0.1) is 0 Å². The molecule has 25 heavy (non-hydrogen) atoms. The van der Waals surface area contributed by atoms with Gasteiger partial charge in [0, 0.05) is 5.54 Å². The van der Waals surface area contributed by atoms with Gasteiger partial charge in [0.25, 0.3) is 0 Å². The molecular weight excluding hydrogens is 357 g/mol. The van der Waals surface area contributed by atoms with Crippen LogP contribution in [0.3, 0.4) is 0 Å². The van der Waals surface area contributed by atoms with Crippen LogP contribution in [0.1, 0.15) is 26.3 Å². The summed E-state index contributed by atoms with van der Waals surface area (Å²) in [6.45, 7) is 5.79. The number of halogens is 4. The zero-order chi connectivity index (χ0) is 18.8. The lowest BCUT2D eigenvalue weighted by molar-refractivity contribution is -0.137. The fourth-order valence-electron chi connectivity index (χ4n) is 1.77. The van der Waals surface area contributed by atoms with Gasteiger partial charge in [0.2, 0.25) is 0 Å². The van der Waals surface area contributed by atoms with Crippen molar-refractivity contribution in [3.05, 3.63) is 35.1 Å². The number of hydrogen-bond donors (Lipinski definition) is 4. The highest BCUT2D eigenvalue weighted by Gasteiger charge is 2.31. The van der Waals surface area contributed by atoms with Crippen LogP contribution >= 0.6 is 11.6 Å². The third kappa shape index (κ3) is 5.10.